The van der Waals surface area contributed by atoms with Crippen molar-refractivity contribution in [2.24, 2.45) is 0 Å². The fourth-order valence-electron chi connectivity index (χ4n) is 4.39. The van der Waals surface area contributed by atoms with Gasteiger partial charge in [-0.25, -0.2) is 9.97 Å². The van der Waals surface area contributed by atoms with Crippen molar-refractivity contribution in [3.63, 3.8) is 0 Å². The van der Waals surface area contributed by atoms with Crippen molar-refractivity contribution in [2.75, 3.05) is 32.7 Å². The third-order valence-corrected chi connectivity index (χ3v) is 7.52. The lowest BCUT2D eigenvalue weighted by Gasteiger charge is -2.34. The fourth-order valence-corrected chi connectivity index (χ4v) is 5.48. The molecule has 36 heavy (non-hydrogen) atoms. The van der Waals surface area contributed by atoms with Crippen molar-refractivity contribution in [1.29, 1.82) is 5.26 Å². The van der Waals surface area contributed by atoms with E-state index < -0.39 is 5.92 Å². The molecule has 0 radical (unpaired) electrons. The molecule has 5 rings (SSSR count). The van der Waals surface area contributed by atoms with Crippen LogP contribution in [-0.2, 0) is 13.2 Å². The SMILES string of the molecule is CCN1CCN(Cc2cccc(COc3nccc(C(C#N)c4nc5cnc(C)cc5s4)n3)c2)CC1. The predicted octanol–water partition coefficient (Wildman–Crippen LogP) is 4.16. The lowest BCUT2D eigenvalue weighted by Crippen LogP contribution is -2.45. The zero-order chi connectivity index (χ0) is 24.9. The summed E-state index contributed by atoms with van der Waals surface area (Å²) in [6.07, 6.45) is 3.38. The van der Waals surface area contributed by atoms with Gasteiger partial charge in [0, 0.05) is 44.6 Å². The molecular formula is C27H29N7OS. The van der Waals surface area contributed by atoms with E-state index in [-0.39, 0.29) is 6.01 Å². The van der Waals surface area contributed by atoms with Crippen LogP contribution in [0, 0.1) is 18.3 Å². The quantitative estimate of drug-likeness (QED) is 0.357. The number of pyridine rings is 1. The maximum atomic E-state index is 9.90. The van der Waals surface area contributed by atoms with Crippen LogP contribution >= 0.6 is 11.3 Å². The first kappa shape index (κ1) is 24.3. The van der Waals surface area contributed by atoms with Crippen molar-refractivity contribution in [2.45, 2.75) is 32.9 Å². The maximum absolute atomic E-state index is 9.90. The van der Waals surface area contributed by atoms with Gasteiger partial charge in [0.15, 0.2) is 0 Å². The standard InChI is InChI=1S/C27H29N7OS/c1-3-33-9-11-34(12-10-33)17-20-5-4-6-21(14-20)18-35-27-29-8-7-23(32-27)22(15-28)26-31-24-16-30-19(2)13-25(24)36-26/h4-8,13-14,16,22H,3,9-12,17-18H2,1-2H3. The number of aromatic nitrogens is 4. The molecule has 9 heteroatoms. The molecule has 184 valence electrons. The number of hydrogen-bond acceptors (Lipinski definition) is 9. The largest absolute Gasteiger partial charge is 0.459 e. The smallest absolute Gasteiger partial charge is 0.316 e. The van der Waals surface area contributed by atoms with Crippen molar-refractivity contribution in [3.8, 4) is 12.1 Å². The summed E-state index contributed by atoms with van der Waals surface area (Å²) < 4.78 is 6.94. The molecule has 0 aliphatic carbocycles. The number of fused-ring (bicyclic) bond motifs is 1. The molecular weight excluding hydrogens is 470 g/mol. The average Bonchev–Trinajstić information content (AvgIpc) is 3.31. The van der Waals surface area contributed by atoms with Crippen LogP contribution in [0.25, 0.3) is 10.2 Å². The van der Waals surface area contributed by atoms with Crippen LogP contribution in [0.2, 0.25) is 0 Å². The lowest BCUT2D eigenvalue weighted by molar-refractivity contribution is 0.132. The van der Waals surface area contributed by atoms with Crippen LogP contribution in [0.4, 0.5) is 0 Å². The monoisotopic (exact) mass is 499 g/mol. The van der Waals surface area contributed by atoms with Gasteiger partial charge in [-0.15, -0.1) is 11.3 Å². The second kappa shape index (κ2) is 11.1. The van der Waals surface area contributed by atoms with Gasteiger partial charge in [-0.05, 0) is 36.7 Å². The minimum atomic E-state index is -0.593. The van der Waals surface area contributed by atoms with Crippen LogP contribution < -0.4 is 4.74 Å². The summed E-state index contributed by atoms with van der Waals surface area (Å²) in [6.45, 7) is 11.0. The number of hydrogen-bond donors (Lipinski definition) is 0. The highest BCUT2D eigenvalue weighted by molar-refractivity contribution is 7.18. The fraction of sp³-hybridized carbons (Fsp3) is 0.370. The van der Waals surface area contributed by atoms with E-state index in [2.05, 4.69) is 67.0 Å². The molecule has 0 spiro atoms. The number of likely N-dealkylation sites (N-methyl/N-ethyl adjacent to an activating group) is 1. The molecule has 3 aromatic heterocycles. The summed E-state index contributed by atoms with van der Waals surface area (Å²) in [5.74, 6) is -0.593. The van der Waals surface area contributed by atoms with E-state index in [0.717, 1.165) is 60.7 Å². The molecule has 1 unspecified atom stereocenters. The molecule has 0 N–H and O–H groups in total. The van der Waals surface area contributed by atoms with E-state index >= 15 is 0 Å². The number of rotatable bonds is 8. The van der Waals surface area contributed by atoms with E-state index in [0.29, 0.717) is 17.3 Å². The van der Waals surface area contributed by atoms with E-state index in [1.807, 2.05) is 13.0 Å². The van der Waals surface area contributed by atoms with Crippen LogP contribution in [0.5, 0.6) is 6.01 Å². The van der Waals surface area contributed by atoms with E-state index in [1.54, 1.807) is 18.5 Å². The Balaban J connectivity index is 1.24. The third-order valence-electron chi connectivity index (χ3n) is 6.43. The highest BCUT2D eigenvalue weighted by atomic mass is 32.1. The Kier molecular flexibility index (Phi) is 7.47. The van der Waals surface area contributed by atoms with Crippen molar-refractivity contribution in [1.82, 2.24) is 29.7 Å². The van der Waals surface area contributed by atoms with Gasteiger partial charge >= 0.3 is 6.01 Å². The van der Waals surface area contributed by atoms with E-state index in [4.69, 9.17) is 4.74 Å². The summed E-state index contributed by atoms with van der Waals surface area (Å²) in [6, 6.07) is 14.8. The molecule has 4 aromatic rings. The number of benzene rings is 1. The lowest BCUT2D eigenvalue weighted by atomic mass is 10.1. The Morgan fingerprint density at radius 2 is 1.86 bits per heavy atom. The van der Waals surface area contributed by atoms with Gasteiger partial charge in [-0.1, -0.05) is 31.2 Å². The maximum Gasteiger partial charge on any atom is 0.316 e. The molecule has 4 heterocycles. The van der Waals surface area contributed by atoms with Gasteiger partial charge in [-0.2, -0.15) is 10.2 Å². The highest BCUT2D eigenvalue weighted by Crippen LogP contribution is 2.31. The Morgan fingerprint density at radius 1 is 1.06 bits per heavy atom. The third kappa shape index (κ3) is 5.68. The minimum absolute atomic E-state index is 0.257. The normalized spacial score (nSPS) is 15.6. The van der Waals surface area contributed by atoms with Crippen LogP contribution in [0.1, 0.15) is 40.4 Å². The first-order valence-corrected chi connectivity index (χ1v) is 13.0. The zero-order valence-electron chi connectivity index (χ0n) is 20.6. The van der Waals surface area contributed by atoms with Gasteiger partial charge in [0.25, 0.3) is 0 Å². The van der Waals surface area contributed by atoms with Crippen LogP contribution in [-0.4, -0.2) is 62.5 Å². The van der Waals surface area contributed by atoms with Gasteiger partial charge in [0.05, 0.1) is 28.2 Å². The topological polar surface area (TPSA) is 91.1 Å². The second-order valence-electron chi connectivity index (χ2n) is 8.99. The molecule has 1 saturated heterocycles. The molecule has 8 nitrogen and oxygen atoms in total. The summed E-state index contributed by atoms with van der Waals surface area (Å²) in [4.78, 5) is 22.7. The first-order valence-electron chi connectivity index (χ1n) is 12.2. The van der Waals surface area contributed by atoms with E-state index in [1.165, 1.54) is 16.9 Å². The molecule has 1 aliphatic rings. The molecule has 0 amide bonds. The zero-order valence-corrected chi connectivity index (χ0v) is 21.4. The van der Waals surface area contributed by atoms with Crippen molar-refractivity contribution < 1.29 is 4.74 Å². The predicted molar refractivity (Wildman–Crippen MR) is 140 cm³/mol. The van der Waals surface area contributed by atoms with Gasteiger partial charge in [0.1, 0.15) is 17.5 Å². The molecule has 1 atom stereocenters. The molecule has 0 saturated carbocycles. The molecule has 1 aliphatic heterocycles. The Morgan fingerprint density at radius 3 is 2.67 bits per heavy atom. The minimum Gasteiger partial charge on any atom is -0.459 e. The van der Waals surface area contributed by atoms with Crippen LogP contribution in [0.3, 0.4) is 0 Å². The number of piperazine rings is 1. The van der Waals surface area contributed by atoms with Gasteiger partial charge in [-0.3, -0.25) is 9.88 Å². The molecule has 1 aromatic carbocycles. The number of aryl methyl sites for hydroxylation is 1. The van der Waals surface area contributed by atoms with E-state index in [9.17, 15) is 5.26 Å². The summed E-state index contributed by atoms with van der Waals surface area (Å²) >= 11 is 1.49. The summed E-state index contributed by atoms with van der Waals surface area (Å²) in [7, 11) is 0. The number of thiazole rings is 1. The number of nitriles is 1. The summed E-state index contributed by atoms with van der Waals surface area (Å²) in [5, 5.41) is 10.6. The van der Waals surface area contributed by atoms with Gasteiger partial charge < -0.3 is 9.64 Å². The Hall–Kier alpha value is -3.45. The first-order chi connectivity index (χ1) is 17.6. The van der Waals surface area contributed by atoms with Crippen molar-refractivity contribution >= 4 is 21.6 Å². The van der Waals surface area contributed by atoms with Crippen molar-refractivity contribution in [3.05, 3.63) is 76.3 Å². The highest BCUT2D eigenvalue weighted by Gasteiger charge is 2.21. The Labute approximate surface area is 215 Å². The van der Waals surface area contributed by atoms with Gasteiger partial charge in [0.2, 0.25) is 0 Å². The number of nitrogens with zero attached hydrogens (tertiary/aromatic N) is 7. The molecule has 1 fully saturated rings. The number of ether oxygens (including phenoxy) is 1. The summed E-state index contributed by atoms with van der Waals surface area (Å²) in [5.41, 5.74) is 4.64. The van der Waals surface area contributed by atoms with Crippen LogP contribution in [0.15, 0.2) is 48.8 Å². The average molecular weight is 500 g/mol. The molecule has 0 bridgehead atoms. The second-order valence-corrected chi connectivity index (χ2v) is 10.1. The Bertz CT molecular complexity index is 1370.